The van der Waals surface area contributed by atoms with Gasteiger partial charge in [0.1, 0.15) is 17.3 Å². The molecule has 9 nitrogen and oxygen atoms in total. The minimum absolute atomic E-state index is 0.0398. The number of aromatic nitrogens is 3. The van der Waals surface area contributed by atoms with Gasteiger partial charge in [0.05, 0.1) is 17.7 Å². The summed E-state index contributed by atoms with van der Waals surface area (Å²) in [6.45, 7) is 10.4. The van der Waals surface area contributed by atoms with Gasteiger partial charge in [0, 0.05) is 44.4 Å². The van der Waals surface area contributed by atoms with Gasteiger partial charge in [0.2, 0.25) is 5.91 Å². The Morgan fingerprint density at radius 1 is 0.951 bits per heavy atom. The molecular weight excluding hydrogens is 525 g/mol. The first-order chi connectivity index (χ1) is 19.6. The average Bonchev–Trinajstić information content (AvgIpc) is 3.32. The van der Waals surface area contributed by atoms with Gasteiger partial charge in [-0.15, -0.1) is 5.10 Å². The monoisotopic (exact) mass is 558 g/mol. The van der Waals surface area contributed by atoms with Gasteiger partial charge < -0.3 is 20.2 Å². The molecule has 0 saturated carbocycles. The zero-order valence-electron chi connectivity index (χ0n) is 23.1. The van der Waals surface area contributed by atoms with Crippen LogP contribution < -0.4 is 0 Å². The molecule has 0 bridgehead atoms. The van der Waals surface area contributed by atoms with E-state index in [1.807, 2.05) is 43.0 Å². The lowest BCUT2D eigenvalue weighted by Crippen LogP contribution is -2.48. The lowest BCUT2D eigenvalue weighted by atomic mass is 9.98. The summed E-state index contributed by atoms with van der Waals surface area (Å²) in [7, 11) is 0. The number of carbonyl (C=O) groups excluding carboxylic acids is 1. The molecule has 1 saturated heterocycles. The summed E-state index contributed by atoms with van der Waals surface area (Å²) in [5, 5.41) is 38.9. The fourth-order valence-electron chi connectivity index (χ4n) is 5.07. The molecule has 213 valence electrons. The number of amides is 1. The van der Waals surface area contributed by atoms with Crippen molar-refractivity contribution in [1.82, 2.24) is 24.6 Å². The molecule has 3 N–H and O–H groups in total. The van der Waals surface area contributed by atoms with Gasteiger partial charge in [-0.1, -0.05) is 49.3 Å². The lowest BCUT2D eigenvalue weighted by Gasteiger charge is -2.35. The topological polar surface area (TPSA) is 115 Å². The van der Waals surface area contributed by atoms with Crippen molar-refractivity contribution in [2.24, 2.45) is 0 Å². The van der Waals surface area contributed by atoms with Crippen LogP contribution >= 0.6 is 0 Å². The highest BCUT2D eigenvalue weighted by Gasteiger charge is 2.24. The van der Waals surface area contributed by atoms with Crippen molar-refractivity contribution >= 4 is 5.91 Å². The van der Waals surface area contributed by atoms with Crippen LogP contribution in [-0.4, -0.2) is 72.0 Å². The number of hydrogen-bond donors (Lipinski definition) is 3. The molecule has 1 aliphatic heterocycles. The number of nitrogens with zero attached hydrogens (tertiary/aromatic N) is 5. The molecule has 1 aromatic heterocycles. The first-order valence-corrected chi connectivity index (χ1v) is 13.5. The highest BCUT2D eigenvalue weighted by atomic mass is 19.1. The quantitative estimate of drug-likeness (QED) is 0.308. The molecule has 2 heterocycles. The van der Waals surface area contributed by atoms with Crippen molar-refractivity contribution in [1.29, 1.82) is 0 Å². The Balaban J connectivity index is 1.28. The minimum atomic E-state index is -0.466. The van der Waals surface area contributed by atoms with E-state index in [0.29, 0.717) is 50.3 Å². The SMILES string of the molecule is [CH2]c1ccc(CC(=O)N2CCN(Cc3ccc(-n4c(O)nnc4-c4cc(C(C)C)c(O)cc4O)cc3F)CC2)cc1. The molecule has 41 heavy (non-hydrogen) atoms. The number of benzene rings is 3. The Morgan fingerprint density at radius 3 is 2.32 bits per heavy atom. The van der Waals surface area contributed by atoms with Gasteiger partial charge in [-0.25, -0.2) is 8.96 Å². The summed E-state index contributed by atoms with van der Waals surface area (Å²) >= 11 is 0. The maximum absolute atomic E-state index is 15.3. The molecule has 3 aromatic carbocycles. The van der Waals surface area contributed by atoms with E-state index in [0.717, 1.165) is 11.1 Å². The molecule has 5 rings (SSSR count). The van der Waals surface area contributed by atoms with E-state index in [1.54, 1.807) is 18.2 Å². The Morgan fingerprint density at radius 2 is 1.66 bits per heavy atom. The van der Waals surface area contributed by atoms with Gasteiger partial charge in [0.25, 0.3) is 0 Å². The van der Waals surface area contributed by atoms with Crippen LogP contribution in [0.5, 0.6) is 17.5 Å². The Bertz CT molecular complexity index is 1560. The zero-order valence-corrected chi connectivity index (χ0v) is 23.1. The second kappa shape index (κ2) is 11.6. The van der Waals surface area contributed by atoms with E-state index >= 15 is 4.39 Å². The largest absolute Gasteiger partial charge is 0.508 e. The van der Waals surface area contributed by atoms with Gasteiger partial charge in [-0.05, 0) is 47.7 Å². The van der Waals surface area contributed by atoms with Crippen molar-refractivity contribution in [3.63, 3.8) is 0 Å². The molecule has 0 unspecified atom stereocenters. The van der Waals surface area contributed by atoms with Crippen molar-refractivity contribution in [3.05, 3.63) is 89.6 Å². The first kappa shape index (κ1) is 28.1. The maximum Gasteiger partial charge on any atom is 0.319 e. The summed E-state index contributed by atoms with van der Waals surface area (Å²) < 4.78 is 16.6. The number of halogens is 1. The third-order valence-electron chi connectivity index (χ3n) is 7.45. The Hall–Kier alpha value is -4.44. The molecule has 1 amide bonds. The lowest BCUT2D eigenvalue weighted by molar-refractivity contribution is -0.132. The molecule has 4 aromatic rings. The van der Waals surface area contributed by atoms with Gasteiger partial charge >= 0.3 is 6.01 Å². The average molecular weight is 559 g/mol. The highest BCUT2D eigenvalue weighted by molar-refractivity contribution is 5.79. The highest BCUT2D eigenvalue weighted by Crippen LogP contribution is 2.39. The van der Waals surface area contributed by atoms with Crippen LogP contribution in [0.25, 0.3) is 17.1 Å². The van der Waals surface area contributed by atoms with Crippen molar-refractivity contribution < 1.29 is 24.5 Å². The second-order valence-corrected chi connectivity index (χ2v) is 10.7. The predicted molar refractivity (Wildman–Crippen MR) is 152 cm³/mol. The van der Waals surface area contributed by atoms with E-state index in [4.69, 9.17) is 0 Å². The van der Waals surface area contributed by atoms with Crippen LogP contribution in [-0.2, 0) is 17.8 Å². The van der Waals surface area contributed by atoms with Crippen molar-refractivity contribution in [2.45, 2.75) is 32.7 Å². The summed E-state index contributed by atoms with van der Waals surface area (Å²) in [6.07, 6.45) is 0.342. The van der Waals surface area contributed by atoms with Crippen LogP contribution in [0.3, 0.4) is 0 Å². The second-order valence-electron chi connectivity index (χ2n) is 10.7. The fraction of sp³-hybridized carbons (Fsp3) is 0.290. The number of phenols is 2. The summed E-state index contributed by atoms with van der Waals surface area (Å²) in [4.78, 5) is 16.7. The Labute approximate surface area is 238 Å². The number of phenolic OH excluding ortho intramolecular Hbond substituents is 2. The molecule has 0 atom stereocenters. The summed E-state index contributed by atoms with van der Waals surface area (Å²) in [6, 6.07) is 14.6. The minimum Gasteiger partial charge on any atom is -0.508 e. The number of piperazine rings is 1. The van der Waals surface area contributed by atoms with Gasteiger partial charge in [-0.3, -0.25) is 9.69 Å². The van der Waals surface area contributed by atoms with Crippen LogP contribution in [0.1, 0.15) is 42.0 Å². The van der Waals surface area contributed by atoms with E-state index in [2.05, 4.69) is 22.0 Å². The molecule has 1 radical (unpaired) electrons. The maximum atomic E-state index is 15.3. The van der Waals surface area contributed by atoms with Crippen LogP contribution in [0, 0.1) is 12.7 Å². The van der Waals surface area contributed by atoms with Crippen molar-refractivity contribution in [2.75, 3.05) is 26.2 Å². The normalized spacial score (nSPS) is 14.1. The van der Waals surface area contributed by atoms with Crippen LogP contribution in [0.2, 0.25) is 0 Å². The number of carbonyl (C=O) groups is 1. The molecule has 10 heteroatoms. The fourth-order valence-corrected chi connectivity index (χ4v) is 5.07. The third-order valence-corrected chi connectivity index (χ3v) is 7.45. The van der Waals surface area contributed by atoms with Crippen LogP contribution in [0.4, 0.5) is 4.39 Å². The number of aromatic hydroxyl groups is 3. The molecular formula is C31H33FN5O4. The number of rotatable bonds is 7. The third kappa shape index (κ3) is 6.02. The molecule has 1 fully saturated rings. The summed E-state index contributed by atoms with van der Waals surface area (Å²) in [5.41, 5.74) is 3.45. The van der Waals surface area contributed by atoms with Gasteiger partial charge in [0.15, 0.2) is 5.82 Å². The standard InChI is InChI=1S/C31H33FN5O4/c1-19(2)24-16-25(28(39)17-27(24)38)30-33-34-31(41)37(30)23-9-8-22(26(32)15-23)18-35-10-12-36(13-11-35)29(40)14-21-6-4-20(3)5-7-21/h4-9,15-17,19,38-39H,3,10-14,18H2,1-2H3,(H,34,41). The van der Waals surface area contributed by atoms with Crippen molar-refractivity contribution in [3.8, 4) is 34.6 Å². The smallest absolute Gasteiger partial charge is 0.319 e. The number of hydrogen-bond acceptors (Lipinski definition) is 7. The van der Waals surface area contributed by atoms with Crippen LogP contribution in [0.15, 0.2) is 54.6 Å². The predicted octanol–water partition coefficient (Wildman–Crippen LogP) is 4.38. The van der Waals surface area contributed by atoms with E-state index in [9.17, 15) is 20.1 Å². The summed E-state index contributed by atoms with van der Waals surface area (Å²) in [5.74, 6) is -0.625. The zero-order chi connectivity index (χ0) is 29.3. The van der Waals surface area contributed by atoms with E-state index in [-0.39, 0.29) is 40.4 Å². The van der Waals surface area contributed by atoms with E-state index in [1.165, 1.54) is 16.7 Å². The molecule has 1 aliphatic rings. The first-order valence-electron chi connectivity index (χ1n) is 13.5. The van der Waals surface area contributed by atoms with Gasteiger partial charge in [-0.2, -0.15) is 0 Å². The molecule has 0 aliphatic carbocycles. The van der Waals surface area contributed by atoms with E-state index < -0.39 is 11.8 Å². The molecule has 0 spiro atoms. The Kier molecular flexibility index (Phi) is 7.94.